The van der Waals surface area contributed by atoms with E-state index in [1.807, 2.05) is 37.4 Å². The van der Waals surface area contributed by atoms with Crippen molar-refractivity contribution >= 4 is 28.7 Å². The highest BCUT2D eigenvalue weighted by molar-refractivity contribution is 5.85. The summed E-state index contributed by atoms with van der Waals surface area (Å²) < 4.78 is 0. The van der Waals surface area contributed by atoms with E-state index in [1.54, 1.807) is 12.3 Å². The first-order valence-corrected chi connectivity index (χ1v) is 10.6. The molecule has 30 heavy (non-hydrogen) atoms. The number of imidazole rings is 1. The van der Waals surface area contributed by atoms with E-state index in [1.165, 1.54) is 6.20 Å². The number of Topliss-reactive ketones (excluding diaryl/α,β-unsaturated/α-hetero) is 1. The van der Waals surface area contributed by atoms with Crippen LogP contribution in [0.3, 0.4) is 0 Å². The number of unbranched alkanes of at least 4 members (excludes halogenated alkanes) is 3. The maximum atomic E-state index is 11.3. The lowest BCUT2D eigenvalue weighted by Gasteiger charge is -2.03. The molecule has 6 heteroatoms. The zero-order valence-corrected chi connectivity index (χ0v) is 17.5. The molecule has 0 amide bonds. The smallest absolute Gasteiger partial charge is 0.152 e. The Morgan fingerprint density at radius 3 is 2.87 bits per heavy atom. The van der Waals surface area contributed by atoms with Gasteiger partial charge in [0.1, 0.15) is 11.6 Å². The predicted octanol–water partition coefficient (Wildman–Crippen LogP) is 5.27. The number of aryl methyl sites for hydroxylation is 1. The molecular weight excluding hydrogens is 374 g/mol. The number of allylic oxidation sites excluding steroid dienone is 1. The number of nitrogens with one attached hydrogen (secondary N) is 1. The average Bonchev–Trinajstić information content (AvgIpc) is 3.24. The summed E-state index contributed by atoms with van der Waals surface area (Å²) in [4.78, 5) is 28.1. The maximum Gasteiger partial charge on any atom is 0.152 e. The van der Waals surface area contributed by atoms with Gasteiger partial charge in [-0.2, -0.15) is 0 Å². The Balaban J connectivity index is 1.56. The third-order valence-corrected chi connectivity index (χ3v) is 5.03. The minimum Gasteiger partial charge on any atom is -0.405 e. The number of nitrogens with two attached hydrogens (primary N) is 1. The van der Waals surface area contributed by atoms with E-state index in [0.29, 0.717) is 18.0 Å². The first kappa shape index (κ1) is 21.4. The zero-order valence-electron chi connectivity index (χ0n) is 17.5. The van der Waals surface area contributed by atoms with E-state index in [-0.39, 0.29) is 0 Å². The Morgan fingerprint density at radius 2 is 2.03 bits per heavy atom. The van der Waals surface area contributed by atoms with Gasteiger partial charge in [-0.3, -0.25) is 4.79 Å². The summed E-state index contributed by atoms with van der Waals surface area (Å²) in [5.74, 6) is 2.02. The standard InChI is InChI=1S/C24H29N5O/c1-2-20(30)8-5-3-4-6-9-23-27-17-22(29-23)19-10-12-21-18(16-19)11-13-24(28-21)26-15-7-14-25/h7,10-17H,2-6,8-9,25H2,1H3,(H,27,29)/b14-7-,26-15?. The number of carbonyl (C=O) groups excluding carboxylic acids is 1. The van der Waals surface area contributed by atoms with Crippen LogP contribution in [-0.4, -0.2) is 26.9 Å². The Labute approximate surface area is 177 Å². The Bertz CT molecular complexity index is 1040. The number of H-pyrrole nitrogens is 1. The fourth-order valence-electron chi connectivity index (χ4n) is 3.30. The van der Waals surface area contributed by atoms with E-state index in [4.69, 9.17) is 5.73 Å². The summed E-state index contributed by atoms with van der Waals surface area (Å²) in [6, 6.07) is 10.1. The summed E-state index contributed by atoms with van der Waals surface area (Å²) in [5.41, 5.74) is 8.30. The molecule has 156 valence electrons. The van der Waals surface area contributed by atoms with Crippen LogP contribution < -0.4 is 5.73 Å². The van der Waals surface area contributed by atoms with Crippen molar-refractivity contribution in [1.29, 1.82) is 0 Å². The quantitative estimate of drug-likeness (QED) is 0.336. The Kier molecular flexibility index (Phi) is 7.89. The van der Waals surface area contributed by atoms with Crippen LogP contribution in [0.25, 0.3) is 22.2 Å². The second-order valence-corrected chi connectivity index (χ2v) is 7.29. The molecule has 0 atom stereocenters. The minimum atomic E-state index is 0.365. The van der Waals surface area contributed by atoms with Crippen LogP contribution in [-0.2, 0) is 11.2 Å². The molecule has 0 aliphatic heterocycles. The summed E-state index contributed by atoms with van der Waals surface area (Å²) in [6.07, 6.45) is 13.2. The molecule has 1 aromatic carbocycles. The molecule has 0 saturated carbocycles. The molecule has 2 aromatic heterocycles. The van der Waals surface area contributed by atoms with E-state index in [9.17, 15) is 4.79 Å². The fraction of sp³-hybridized carbons (Fsp3) is 0.333. The van der Waals surface area contributed by atoms with Crippen LogP contribution in [0.15, 0.2) is 53.8 Å². The molecule has 0 saturated heterocycles. The van der Waals surface area contributed by atoms with E-state index in [2.05, 4.69) is 26.0 Å². The Hall–Kier alpha value is -3.28. The van der Waals surface area contributed by atoms with E-state index >= 15 is 0 Å². The number of nitrogens with zero attached hydrogens (tertiary/aromatic N) is 3. The van der Waals surface area contributed by atoms with Gasteiger partial charge in [-0.15, -0.1) is 0 Å². The van der Waals surface area contributed by atoms with Gasteiger partial charge in [-0.05, 0) is 49.4 Å². The van der Waals surface area contributed by atoms with E-state index in [0.717, 1.165) is 66.5 Å². The van der Waals surface area contributed by atoms with Crippen molar-refractivity contribution in [3.63, 3.8) is 0 Å². The normalized spacial score (nSPS) is 11.8. The van der Waals surface area contributed by atoms with Crippen LogP contribution in [0.2, 0.25) is 0 Å². The first-order chi connectivity index (χ1) is 14.7. The minimum absolute atomic E-state index is 0.365. The molecule has 3 N–H and O–H groups in total. The van der Waals surface area contributed by atoms with E-state index < -0.39 is 0 Å². The van der Waals surface area contributed by atoms with Gasteiger partial charge in [-0.1, -0.05) is 25.8 Å². The highest BCUT2D eigenvalue weighted by Crippen LogP contribution is 2.24. The van der Waals surface area contributed by atoms with Crippen molar-refractivity contribution in [1.82, 2.24) is 15.0 Å². The number of hydrogen-bond donors (Lipinski definition) is 2. The fourth-order valence-corrected chi connectivity index (χ4v) is 3.30. The lowest BCUT2D eigenvalue weighted by Crippen LogP contribution is -1.94. The lowest BCUT2D eigenvalue weighted by molar-refractivity contribution is -0.118. The van der Waals surface area contributed by atoms with Gasteiger partial charge in [0.2, 0.25) is 0 Å². The van der Waals surface area contributed by atoms with Crippen LogP contribution in [0.1, 0.15) is 51.3 Å². The summed E-state index contributed by atoms with van der Waals surface area (Å²) >= 11 is 0. The topological polar surface area (TPSA) is 97.0 Å². The number of pyridine rings is 1. The molecule has 0 spiro atoms. The number of carbonyl (C=O) groups is 1. The SMILES string of the molecule is CCC(=O)CCCCCCc1ncc(-c2ccc3nc(N=C/C=C\N)ccc3c2)[nH]1. The van der Waals surface area contributed by atoms with Gasteiger partial charge in [0.25, 0.3) is 0 Å². The molecule has 0 fully saturated rings. The number of fused-ring (bicyclic) bond motifs is 1. The molecule has 3 aromatic rings. The number of rotatable bonds is 11. The zero-order chi connectivity index (χ0) is 21.2. The van der Waals surface area contributed by atoms with Gasteiger partial charge < -0.3 is 10.7 Å². The second kappa shape index (κ2) is 11.0. The number of ketones is 1. The molecule has 0 unspecified atom stereocenters. The molecule has 0 aliphatic rings. The van der Waals surface area contributed by atoms with Crippen LogP contribution >= 0.6 is 0 Å². The van der Waals surface area contributed by atoms with Gasteiger partial charge >= 0.3 is 0 Å². The van der Waals surface area contributed by atoms with Crippen LogP contribution in [0.5, 0.6) is 0 Å². The third-order valence-electron chi connectivity index (χ3n) is 5.03. The van der Waals surface area contributed by atoms with Crippen LogP contribution in [0.4, 0.5) is 5.82 Å². The number of hydrogen-bond acceptors (Lipinski definition) is 5. The van der Waals surface area contributed by atoms with Gasteiger partial charge in [0, 0.05) is 36.4 Å². The van der Waals surface area contributed by atoms with Crippen molar-refractivity contribution in [3.8, 4) is 11.3 Å². The summed E-state index contributed by atoms with van der Waals surface area (Å²) in [6.45, 7) is 1.93. The lowest BCUT2D eigenvalue weighted by atomic mass is 10.1. The average molecular weight is 404 g/mol. The largest absolute Gasteiger partial charge is 0.405 e. The van der Waals surface area contributed by atoms with Gasteiger partial charge in [0.15, 0.2) is 5.82 Å². The highest BCUT2D eigenvalue weighted by atomic mass is 16.1. The van der Waals surface area contributed by atoms with Crippen molar-refractivity contribution < 1.29 is 4.79 Å². The van der Waals surface area contributed by atoms with Crippen molar-refractivity contribution in [2.45, 2.75) is 51.9 Å². The number of benzene rings is 1. The van der Waals surface area contributed by atoms with Crippen LogP contribution in [0, 0.1) is 0 Å². The number of aliphatic imine (C=N–C) groups is 1. The molecule has 6 nitrogen and oxygen atoms in total. The summed E-state index contributed by atoms with van der Waals surface area (Å²) in [5, 5.41) is 1.05. The number of aromatic nitrogens is 3. The second-order valence-electron chi connectivity index (χ2n) is 7.29. The van der Waals surface area contributed by atoms with Crippen molar-refractivity contribution in [2.24, 2.45) is 10.7 Å². The molecular formula is C24H29N5O. The summed E-state index contributed by atoms with van der Waals surface area (Å²) in [7, 11) is 0. The first-order valence-electron chi connectivity index (χ1n) is 10.6. The predicted molar refractivity (Wildman–Crippen MR) is 123 cm³/mol. The van der Waals surface area contributed by atoms with Gasteiger partial charge in [-0.25, -0.2) is 15.0 Å². The maximum absolute atomic E-state index is 11.3. The molecule has 0 bridgehead atoms. The molecule has 2 heterocycles. The Morgan fingerprint density at radius 1 is 1.17 bits per heavy atom. The molecule has 0 aliphatic carbocycles. The third kappa shape index (κ3) is 6.11. The van der Waals surface area contributed by atoms with Gasteiger partial charge in [0.05, 0.1) is 17.4 Å². The molecule has 3 rings (SSSR count). The highest BCUT2D eigenvalue weighted by Gasteiger charge is 2.06. The number of aromatic amines is 1. The monoisotopic (exact) mass is 403 g/mol. The van der Waals surface area contributed by atoms with Crippen molar-refractivity contribution in [3.05, 3.63) is 54.6 Å². The van der Waals surface area contributed by atoms with Crippen molar-refractivity contribution in [2.75, 3.05) is 0 Å². The molecule has 0 radical (unpaired) electrons.